The van der Waals surface area contributed by atoms with Gasteiger partial charge in [0.15, 0.2) is 0 Å². The molecule has 3 amide bonds. The average molecular weight is 522 g/mol. The lowest BCUT2D eigenvalue weighted by molar-refractivity contribution is -0.111. The molecule has 34 heavy (non-hydrogen) atoms. The fraction of sp³-hybridized carbons (Fsp3) is 0.120. The molecule has 0 radical (unpaired) electrons. The highest BCUT2D eigenvalue weighted by Crippen LogP contribution is 2.17. The van der Waals surface area contributed by atoms with Crippen molar-refractivity contribution in [2.45, 2.75) is 0 Å². The lowest BCUT2D eigenvalue weighted by atomic mass is 10.1. The van der Waals surface area contributed by atoms with Crippen LogP contribution < -0.4 is 16.0 Å². The highest BCUT2D eigenvalue weighted by atomic mass is 79.9. The van der Waals surface area contributed by atoms with Gasteiger partial charge in [-0.05, 0) is 84.6 Å². The van der Waals surface area contributed by atoms with E-state index >= 15 is 0 Å². The third-order valence-corrected chi connectivity index (χ3v) is 4.92. The number of nitrogens with zero attached hydrogens (tertiary/aromatic N) is 2. The first-order valence-corrected chi connectivity index (χ1v) is 11.2. The van der Waals surface area contributed by atoms with Gasteiger partial charge in [-0.2, -0.15) is 0 Å². The number of likely N-dealkylation sites (N-methyl/N-ethyl adjacent to an activating group) is 1. The number of hydrogen-bond donors (Lipinski definition) is 3. The summed E-state index contributed by atoms with van der Waals surface area (Å²) in [5, 5.41) is 8.31. The van der Waals surface area contributed by atoms with Gasteiger partial charge in [0.2, 0.25) is 5.91 Å². The number of benzene rings is 2. The lowest BCUT2D eigenvalue weighted by Crippen LogP contribution is -2.15. The van der Waals surface area contributed by atoms with Crippen LogP contribution in [0.3, 0.4) is 0 Å². The Morgan fingerprint density at radius 2 is 1.50 bits per heavy atom. The first-order valence-electron chi connectivity index (χ1n) is 10.4. The second-order valence-corrected chi connectivity index (χ2v) is 8.38. The smallest absolute Gasteiger partial charge is 0.274 e. The van der Waals surface area contributed by atoms with Gasteiger partial charge < -0.3 is 20.9 Å². The van der Waals surface area contributed by atoms with Gasteiger partial charge >= 0.3 is 0 Å². The van der Waals surface area contributed by atoms with Crippen molar-refractivity contribution in [2.24, 2.45) is 0 Å². The normalized spacial score (nSPS) is 10.8. The van der Waals surface area contributed by atoms with Crippen LogP contribution in [0.5, 0.6) is 0 Å². The number of carbonyl (C=O) groups is 3. The van der Waals surface area contributed by atoms with Gasteiger partial charge in [0.05, 0.1) is 0 Å². The first kappa shape index (κ1) is 24.8. The Kier molecular flexibility index (Phi) is 8.66. The molecule has 0 unspecified atom stereocenters. The Morgan fingerprint density at radius 3 is 2.15 bits per heavy atom. The number of anilines is 3. The minimum Gasteiger partial charge on any atom is -0.322 e. The van der Waals surface area contributed by atoms with Crippen LogP contribution in [0.2, 0.25) is 0 Å². The standard InChI is InChI=1S/C25H24BrN5O3/c1-31(2)15-5-10-23(32)27-20-7-3-6-17(16-20)24(33)28-18-11-13-19(14-12-18)29-25(34)21-8-4-9-22(26)30-21/h3-14,16H,15H2,1-2H3,(H,27,32)(H,28,33)(H,29,34)/b10-5+. The molecule has 0 aliphatic rings. The highest BCUT2D eigenvalue weighted by molar-refractivity contribution is 9.10. The monoisotopic (exact) mass is 521 g/mol. The van der Waals surface area contributed by atoms with Crippen LogP contribution in [0, 0.1) is 0 Å². The number of hydrogen-bond acceptors (Lipinski definition) is 5. The van der Waals surface area contributed by atoms with Crippen LogP contribution >= 0.6 is 15.9 Å². The second-order valence-electron chi connectivity index (χ2n) is 7.57. The van der Waals surface area contributed by atoms with Gasteiger partial charge in [-0.15, -0.1) is 0 Å². The van der Waals surface area contributed by atoms with Gasteiger partial charge in [0.25, 0.3) is 11.8 Å². The zero-order chi connectivity index (χ0) is 24.5. The van der Waals surface area contributed by atoms with Crippen molar-refractivity contribution in [3.05, 3.63) is 94.7 Å². The predicted octanol–water partition coefficient (Wildman–Crippen LogP) is 4.41. The molecule has 0 aliphatic heterocycles. The van der Waals surface area contributed by atoms with E-state index in [9.17, 15) is 14.4 Å². The van der Waals surface area contributed by atoms with Crippen molar-refractivity contribution >= 4 is 50.7 Å². The zero-order valence-corrected chi connectivity index (χ0v) is 20.3. The van der Waals surface area contributed by atoms with Crippen LogP contribution in [0.4, 0.5) is 17.1 Å². The molecule has 0 atom stereocenters. The molecule has 9 heteroatoms. The maximum absolute atomic E-state index is 12.7. The van der Waals surface area contributed by atoms with Gasteiger partial charge in [-0.3, -0.25) is 14.4 Å². The van der Waals surface area contributed by atoms with Crippen LogP contribution in [0.25, 0.3) is 0 Å². The third kappa shape index (κ3) is 7.65. The quantitative estimate of drug-likeness (QED) is 0.301. The summed E-state index contributed by atoms with van der Waals surface area (Å²) in [4.78, 5) is 43.1. The van der Waals surface area contributed by atoms with Crippen LogP contribution in [0.1, 0.15) is 20.8 Å². The van der Waals surface area contributed by atoms with E-state index < -0.39 is 0 Å². The summed E-state index contributed by atoms with van der Waals surface area (Å²) in [6.45, 7) is 0.652. The van der Waals surface area contributed by atoms with E-state index in [1.807, 2.05) is 19.0 Å². The lowest BCUT2D eigenvalue weighted by Gasteiger charge is -2.09. The van der Waals surface area contributed by atoms with E-state index in [0.29, 0.717) is 33.8 Å². The molecule has 3 aromatic rings. The maximum Gasteiger partial charge on any atom is 0.274 e. The fourth-order valence-corrected chi connectivity index (χ4v) is 3.21. The van der Waals surface area contributed by atoms with E-state index in [2.05, 4.69) is 36.9 Å². The van der Waals surface area contributed by atoms with E-state index in [0.717, 1.165) is 0 Å². The summed E-state index contributed by atoms with van der Waals surface area (Å²) < 4.78 is 0.572. The first-order chi connectivity index (χ1) is 16.3. The molecule has 2 aromatic carbocycles. The number of aromatic nitrogens is 1. The second kappa shape index (κ2) is 11.9. The topological polar surface area (TPSA) is 103 Å². The largest absolute Gasteiger partial charge is 0.322 e. The average Bonchev–Trinajstić information content (AvgIpc) is 2.80. The Morgan fingerprint density at radius 1 is 0.853 bits per heavy atom. The molecule has 1 aromatic heterocycles. The number of rotatable bonds is 8. The summed E-state index contributed by atoms with van der Waals surface area (Å²) in [5.74, 6) is -0.932. The minimum atomic E-state index is -0.339. The molecule has 0 aliphatic carbocycles. The molecule has 0 spiro atoms. The summed E-state index contributed by atoms with van der Waals surface area (Å²) in [6.07, 6.45) is 3.22. The van der Waals surface area contributed by atoms with Crippen LogP contribution in [-0.2, 0) is 4.79 Å². The van der Waals surface area contributed by atoms with Crippen molar-refractivity contribution in [3.8, 4) is 0 Å². The molecule has 8 nitrogen and oxygen atoms in total. The summed E-state index contributed by atoms with van der Waals surface area (Å²) in [6, 6.07) is 18.5. The van der Waals surface area contributed by atoms with E-state index in [-0.39, 0.29) is 23.4 Å². The van der Waals surface area contributed by atoms with Gasteiger partial charge in [-0.1, -0.05) is 18.2 Å². The Labute approximate surface area is 206 Å². The van der Waals surface area contributed by atoms with Crippen molar-refractivity contribution in [1.82, 2.24) is 9.88 Å². The van der Waals surface area contributed by atoms with E-state index in [1.165, 1.54) is 6.08 Å². The third-order valence-electron chi connectivity index (χ3n) is 4.48. The number of carbonyl (C=O) groups excluding carboxylic acids is 3. The van der Waals surface area contributed by atoms with Crippen molar-refractivity contribution in [2.75, 3.05) is 36.6 Å². The van der Waals surface area contributed by atoms with Gasteiger partial charge in [-0.25, -0.2) is 4.98 Å². The molecule has 174 valence electrons. The molecule has 1 heterocycles. The number of nitrogens with one attached hydrogen (secondary N) is 3. The van der Waals surface area contributed by atoms with Crippen LogP contribution in [0.15, 0.2) is 83.5 Å². The molecular weight excluding hydrogens is 498 g/mol. The Bertz CT molecular complexity index is 1210. The van der Waals surface area contributed by atoms with Crippen molar-refractivity contribution < 1.29 is 14.4 Å². The summed E-state index contributed by atoms with van der Waals surface area (Å²) in [7, 11) is 3.82. The van der Waals surface area contributed by atoms with E-state index in [1.54, 1.807) is 72.8 Å². The molecule has 0 fully saturated rings. The number of halogens is 1. The predicted molar refractivity (Wildman–Crippen MR) is 137 cm³/mol. The summed E-state index contributed by atoms with van der Waals surface area (Å²) in [5.41, 5.74) is 2.33. The minimum absolute atomic E-state index is 0.268. The molecule has 0 bridgehead atoms. The van der Waals surface area contributed by atoms with Crippen LogP contribution in [-0.4, -0.2) is 48.2 Å². The van der Waals surface area contributed by atoms with Crippen molar-refractivity contribution in [3.63, 3.8) is 0 Å². The number of amides is 3. The number of pyridine rings is 1. The Hall–Kier alpha value is -3.82. The molecular formula is C25H24BrN5O3. The van der Waals surface area contributed by atoms with Gasteiger partial charge in [0, 0.05) is 35.2 Å². The SMILES string of the molecule is CN(C)C/C=C/C(=O)Nc1cccc(C(=O)Nc2ccc(NC(=O)c3cccc(Br)n3)cc2)c1. The van der Waals surface area contributed by atoms with Gasteiger partial charge in [0.1, 0.15) is 10.3 Å². The fourth-order valence-electron chi connectivity index (χ4n) is 2.86. The molecule has 3 N–H and O–H groups in total. The molecule has 0 saturated heterocycles. The highest BCUT2D eigenvalue weighted by Gasteiger charge is 2.10. The Balaban J connectivity index is 1.58. The van der Waals surface area contributed by atoms with Crippen molar-refractivity contribution in [1.29, 1.82) is 0 Å². The zero-order valence-electron chi connectivity index (χ0n) is 18.7. The molecule has 3 rings (SSSR count). The summed E-state index contributed by atoms with van der Waals surface area (Å²) >= 11 is 3.24. The molecule has 0 saturated carbocycles. The maximum atomic E-state index is 12.7. The van der Waals surface area contributed by atoms with E-state index in [4.69, 9.17) is 0 Å².